The van der Waals surface area contributed by atoms with Gasteiger partial charge in [0, 0.05) is 12.1 Å². The predicted molar refractivity (Wildman–Crippen MR) is 77.7 cm³/mol. The van der Waals surface area contributed by atoms with E-state index in [-0.39, 0.29) is 11.9 Å². The topological polar surface area (TPSA) is 12.0 Å². The Hall–Kier alpha value is -1.81. The van der Waals surface area contributed by atoms with Crippen LogP contribution in [0.25, 0.3) is 0 Å². The van der Waals surface area contributed by atoms with Crippen LogP contribution in [0.2, 0.25) is 0 Å². The number of hydrogen-bond acceptors (Lipinski definition) is 1. The molecule has 2 aromatic rings. The van der Waals surface area contributed by atoms with E-state index >= 15 is 0 Å². The Morgan fingerprint density at radius 2 is 1.62 bits per heavy atom. The monoisotopic (exact) mass is 293 g/mol. The molecule has 0 saturated heterocycles. The van der Waals surface area contributed by atoms with Gasteiger partial charge < -0.3 is 5.32 Å². The van der Waals surface area contributed by atoms with E-state index in [1.807, 2.05) is 0 Å². The first-order valence-corrected chi connectivity index (χ1v) is 6.80. The molecule has 2 aromatic carbocycles. The van der Waals surface area contributed by atoms with Crippen LogP contribution in [0.1, 0.15) is 28.3 Å². The third-order valence-corrected chi connectivity index (χ3v) is 3.65. The summed E-state index contributed by atoms with van der Waals surface area (Å²) >= 11 is 0. The Kier molecular flexibility index (Phi) is 4.68. The highest BCUT2D eigenvalue weighted by Gasteiger charge is 2.15. The van der Waals surface area contributed by atoms with Gasteiger partial charge in [0.05, 0.1) is 0 Å². The van der Waals surface area contributed by atoms with Crippen LogP contribution in [0, 0.1) is 31.3 Å². The van der Waals surface area contributed by atoms with Gasteiger partial charge in [0.15, 0.2) is 0 Å². The number of rotatable bonds is 4. The van der Waals surface area contributed by atoms with Crippen molar-refractivity contribution in [1.29, 1.82) is 0 Å². The van der Waals surface area contributed by atoms with Crippen molar-refractivity contribution < 1.29 is 13.2 Å². The SMILES string of the molecule is CNC(Cc1ccc(F)cc1F)c1cc(C)c(F)c(C)c1. The van der Waals surface area contributed by atoms with Crippen molar-refractivity contribution in [3.05, 3.63) is 70.0 Å². The van der Waals surface area contributed by atoms with E-state index in [4.69, 9.17) is 0 Å². The Balaban J connectivity index is 2.32. The third kappa shape index (κ3) is 3.45. The van der Waals surface area contributed by atoms with Crippen LogP contribution in [0.3, 0.4) is 0 Å². The van der Waals surface area contributed by atoms with Crippen molar-refractivity contribution >= 4 is 0 Å². The van der Waals surface area contributed by atoms with E-state index in [1.165, 1.54) is 12.1 Å². The molecule has 2 rings (SSSR count). The molecule has 0 radical (unpaired) electrons. The standard InChI is InChI=1S/C17H18F3N/c1-10-6-13(7-11(2)17(10)20)16(21-3)8-12-4-5-14(18)9-15(12)19/h4-7,9,16,21H,8H2,1-3H3. The Morgan fingerprint density at radius 1 is 1.00 bits per heavy atom. The van der Waals surface area contributed by atoms with Gasteiger partial charge in [-0.1, -0.05) is 18.2 Å². The minimum Gasteiger partial charge on any atom is -0.313 e. The Labute approximate surface area is 122 Å². The van der Waals surface area contributed by atoms with Crippen LogP contribution in [0.4, 0.5) is 13.2 Å². The van der Waals surface area contributed by atoms with E-state index < -0.39 is 11.6 Å². The molecule has 0 bridgehead atoms. The highest BCUT2D eigenvalue weighted by Crippen LogP contribution is 2.24. The number of benzene rings is 2. The predicted octanol–water partition coefficient (Wildman–Crippen LogP) is 4.22. The molecular weight excluding hydrogens is 275 g/mol. The van der Waals surface area contributed by atoms with Crippen LogP contribution in [0.5, 0.6) is 0 Å². The van der Waals surface area contributed by atoms with Crippen LogP contribution in [0.15, 0.2) is 30.3 Å². The largest absolute Gasteiger partial charge is 0.313 e. The number of halogens is 3. The second kappa shape index (κ2) is 6.31. The molecule has 0 fully saturated rings. The molecule has 0 aromatic heterocycles. The molecule has 1 nitrogen and oxygen atoms in total. The summed E-state index contributed by atoms with van der Waals surface area (Å²) in [5.41, 5.74) is 2.43. The summed E-state index contributed by atoms with van der Waals surface area (Å²) in [5.74, 6) is -1.38. The lowest BCUT2D eigenvalue weighted by Gasteiger charge is -2.19. The molecule has 1 unspecified atom stereocenters. The zero-order valence-corrected chi connectivity index (χ0v) is 12.3. The molecule has 1 N–H and O–H groups in total. The molecular formula is C17H18F3N. The zero-order valence-electron chi connectivity index (χ0n) is 12.3. The lowest BCUT2D eigenvalue weighted by molar-refractivity contribution is 0.538. The van der Waals surface area contributed by atoms with Crippen LogP contribution in [-0.2, 0) is 6.42 Å². The number of hydrogen-bond donors (Lipinski definition) is 1. The van der Waals surface area contributed by atoms with Crippen molar-refractivity contribution in [2.45, 2.75) is 26.3 Å². The van der Waals surface area contributed by atoms with Gasteiger partial charge in [0.1, 0.15) is 17.5 Å². The molecule has 0 spiro atoms. The van der Waals surface area contributed by atoms with Gasteiger partial charge in [-0.3, -0.25) is 0 Å². The minimum atomic E-state index is -0.592. The maximum absolute atomic E-state index is 13.8. The third-order valence-electron chi connectivity index (χ3n) is 3.65. The highest BCUT2D eigenvalue weighted by atomic mass is 19.1. The van der Waals surface area contributed by atoms with Gasteiger partial charge in [-0.25, -0.2) is 13.2 Å². The summed E-state index contributed by atoms with van der Waals surface area (Å²) in [7, 11) is 1.76. The Bertz CT molecular complexity index is 629. The molecule has 0 aliphatic carbocycles. The van der Waals surface area contributed by atoms with Gasteiger partial charge in [0.2, 0.25) is 0 Å². The fourth-order valence-corrected chi connectivity index (χ4v) is 2.47. The normalized spacial score (nSPS) is 12.5. The first kappa shape index (κ1) is 15.6. The van der Waals surface area contributed by atoms with Gasteiger partial charge in [-0.05, 0) is 55.6 Å². The maximum Gasteiger partial charge on any atom is 0.129 e. The molecule has 0 aliphatic rings. The second-order valence-corrected chi connectivity index (χ2v) is 5.25. The number of likely N-dealkylation sites (N-methyl/N-ethyl adjacent to an activating group) is 1. The summed E-state index contributed by atoms with van der Waals surface area (Å²) in [5, 5.41) is 3.10. The summed E-state index contributed by atoms with van der Waals surface area (Å²) in [6.45, 7) is 3.41. The average Bonchev–Trinajstić information content (AvgIpc) is 2.43. The van der Waals surface area contributed by atoms with E-state index in [9.17, 15) is 13.2 Å². The molecule has 0 aliphatic heterocycles. The molecule has 4 heteroatoms. The van der Waals surface area contributed by atoms with Crippen LogP contribution < -0.4 is 5.32 Å². The summed E-state index contributed by atoms with van der Waals surface area (Å²) in [4.78, 5) is 0. The van der Waals surface area contributed by atoms with Gasteiger partial charge >= 0.3 is 0 Å². The maximum atomic E-state index is 13.8. The van der Waals surface area contributed by atoms with Crippen molar-refractivity contribution in [3.63, 3.8) is 0 Å². The first-order valence-electron chi connectivity index (χ1n) is 6.80. The first-order chi connectivity index (χ1) is 9.92. The van der Waals surface area contributed by atoms with Crippen LogP contribution >= 0.6 is 0 Å². The lowest BCUT2D eigenvalue weighted by Crippen LogP contribution is -2.20. The van der Waals surface area contributed by atoms with E-state index in [1.54, 1.807) is 33.0 Å². The second-order valence-electron chi connectivity index (χ2n) is 5.25. The van der Waals surface area contributed by atoms with Crippen molar-refractivity contribution in [2.75, 3.05) is 7.05 Å². The van der Waals surface area contributed by atoms with Gasteiger partial charge in [0.25, 0.3) is 0 Å². The number of nitrogens with one attached hydrogen (secondary N) is 1. The molecule has 0 amide bonds. The van der Waals surface area contributed by atoms with Crippen molar-refractivity contribution in [1.82, 2.24) is 5.32 Å². The minimum absolute atomic E-state index is 0.164. The fourth-order valence-electron chi connectivity index (χ4n) is 2.47. The van der Waals surface area contributed by atoms with E-state index in [2.05, 4.69) is 5.32 Å². The highest BCUT2D eigenvalue weighted by molar-refractivity contribution is 5.33. The number of aryl methyl sites for hydroxylation is 2. The Morgan fingerprint density at radius 3 is 2.14 bits per heavy atom. The van der Waals surface area contributed by atoms with Crippen LogP contribution in [-0.4, -0.2) is 7.05 Å². The molecule has 21 heavy (non-hydrogen) atoms. The smallest absolute Gasteiger partial charge is 0.129 e. The van der Waals surface area contributed by atoms with Crippen molar-refractivity contribution in [3.8, 4) is 0 Å². The fraction of sp³-hybridized carbons (Fsp3) is 0.294. The molecule has 0 heterocycles. The van der Waals surface area contributed by atoms with E-state index in [0.717, 1.165) is 11.6 Å². The summed E-state index contributed by atoms with van der Waals surface area (Å²) in [6.07, 6.45) is 0.368. The molecule has 112 valence electrons. The average molecular weight is 293 g/mol. The molecule has 0 saturated carbocycles. The van der Waals surface area contributed by atoms with Crippen molar-refractivity contribution in [2.24, 2.45) is 0 Å². The van der Waals surface area contributed by atoms with Gasteiger partial charge in [-0.15, -0.1) is 0 Å². The van der Waals surface area contributed by atoms with Gasteiger partial charge in [-0.2, -0.15) is 0 Å². The lowest BCUT2D eigenvalue weighted by atomic mass is 9.95. The zero-order chi connectivity index (χ0) is 15.6. The van der Waals surface area contributed by atoms with E-state index in [0.29, 0.717) is 23.1 Å². The summed E-state index contributed by atoms with van der Waals surface area (Å²) < 4.78 is 40.4. The summed E-state index contributed by atoms with van der Waals surface area (Å²) in [6, 6.07) is 6.91. The quantitative estimate of drug-likeness (QED) is 0.890. The molecule has 1 atom stereocenters.